The Balaban J connectivity index is 2.37. The van der Waals surface area contributed by atoms with Crippen molar-refractivity contribution in [3.63, 3.8) is 0 Å². The van der Waals surface area contributed by atoms with E-state index in [0.717, 1.165) is 16.7 Å². The highest BCUT2D eigenvalue weighted by Gasteiger charge is 2.12. The van der Waals surface area contributed by atoms with Crippen LogP contribution in [0, 0.1) is 12.7 Å². The summed E-state index contributed by atoms with van der Waals surface area (Å²) in [5.74, 6) is -0.449. The van der Waals surface area contributed by atoms with Gasteiger partial charge < -0.3 is 5.73 Å². The van der Waals surface area contributed by atoms with Crippen LogP contribution >= 0.6 is 23.2 Å². The normalized spacial score (nSPS) is 12.5. The predicted molar refractivity (Wildman–Crippen MR) is 73.6 cm³/mol. The van der Waals surface area contributed by atoms with Gasteiger partial charge in [-0.05, 0) is 41.8 Å². The molecule has 0 fully saturated rings. The second kappa shape index (κ2) is 5.27. The average molecular weight is 284 g/mol. The summed E-state index contributed by atoms with van der Waals surface area (Å²) in [6, 6.07) is 9.73. The molecule has 2 N–H and O–H groups in total. The van der Waals surface area contributed by atoms with Crippen LogP contribution in [0.1, 0.15) is 22.7 Å². The van der Waals surface area contributed by atoms with Crippen molar-refractivity contribution in [3.8, 4) is 0 Å². The molecule has 0 bridgehead atoms. The largest absolute Gasteiger partial charge is 0.320 e. The molecular formula is C14H12Cl2FN. The maximum Gasteiger partial charge on any atom is 0.141 e. The molecule has 0 spiro atoms. The van der Waals surface area contributed by atoms with Crippen LogP contribution in [0.4, 0.5) is 4.39 Å². The minimum atomic E-state index is -0.449. The SMILES string of the molecule is Cc1ccc(C(N)c2ccc(F)c(Cl)c2)cc1Cl. The average Bonchev–Trinajstić information content (AvgIpc) is 2.35. The fourth-order valence-corrected chi connectivity index (χ4v) is 2.08. The summed E-state index contributed by atoms with van der Waals surface area (Å²) in [6.45, 7) is 1.92. The lowest BCUT2D eigenvalue weighted by Crippen LogP contribution is -2.12. The summed E-state index contributed by atoms with van der Waals surface area (Å²) in [6.07, 6.45) is 0. The molecule has 0 aliphatic rings. The van der Waals surface area contributed by atoms with Crippen LogP contribution in [0.3, 0.4) is 0 Å². The van der Waals surface area contributed by atoms with E-state index in [9.17, 15) is 4.39 Å². The second-order valence-electron chi connectivity index (χ2n) is 4.16. The van der Waals surface area contributed by atoms with Crippen molar-refractivity contribution in [2.75, 3.05) is 0 Å². The Hall–Kier alpha value is -1.09. The summed E-state index contributed by atoms with van der Waals surface area (Å²) in [7, 11) is 0. The van der Waals surface area contributed by atoms with E-state index >= 15 is 0 Å². The number of benzene rings is 2. The number of hydrogen-bond donors (Lipinski definition) is 1. The quantitative estimate of drug-likeness (QED) is 0.864. The van der Waals surface area contributed by atoms with Gasteiger partial charge in [0.25, 0.3) is 0 Å². The van der Waals surface area contributed by atoms with E-state index in [1.165, 1.54) is 12.1 Å². The third-order valence-electron chi connectivity index (χ3n) is 2.86. The second-order valence-corrected chi connectivity index (χ2v) is 4.97. The smallest absolute Gasteiger partial charge is 0.141 e. The predicted octanol–water partition coefficient (Wildman–Crippen LogP) is 4.49. The molecule has 0 heterocycles. The van der Waals surface area contributed by atoms with Crippen LogP contribution < -0.4 is 5.73 Å². The molecule has 0 aliphatic carbocycles. The molecule has 2 aromatic rings. The highest BCUT2D eigenvalue weighted by atomic mass is 35.5. The van der Waals surface area contributed by atoms with Crippen LogP contribution in [-0.2, 0) is 0 Å². The number of aryl methyl sites for hydroxylation is 1. The van der Waals surface area contributed by atoms with Gasteiger partial charge in [0.1, 0.15) is 5.82 Å². The van der Waals surface area contributed by atoms with Crippen LogP contribution in [-0.4, -0.2) is 0 Å². The highest BCUT2D eigenvalue weighted by molar-refractivity contribution is 6.31. The van der Waals surface area contributed by atoms with Gasteiger partial charge in [-0.25, -0.2) is 4.39 Å². The van der Waals surface area contributed by atoms with Gasteiger partial charge in [-0.1, -0.05) is 41.4 Å². The van der Waals surface area contributed by atoms with E-state index in [2.05, 4.69) is 0 Å². The Morgan fingerprint density at radius 1 is 1.00 bits per heavy atom. The van der Waals surface area contributed by atoms with Gasteiger partial charge in [-0.3, -0.25) is 0 Å². The fraction of sp³-hybridized carbons (Fsp3) is 0.143. The first-order valence-electron chi connectivity index (χ1n) is 5.45. The van der Waals surface area contributed by atoms with Crippen molar-refractivity contribution in [1.82, 2.24) is 0 Å². The van der Waals surface area contributed by atoms with Crippen LogP contribution in [0.25, 0.3) is 0 Å². The molecule has 1 atom stereocenters. The Kier molecular flexibility index (Phi) is 3.91. The van der Waals surface area contributed by atoms with Gasteiger partial charge in [0.05, 0.1) is 11.1 Å². The maximum atomic E-state index is 13.1. The van der Waals surface area contributed by atoms with Crippen LogP contribution in [0.5, 0.6) is 0 Å². The van der Waals surface area contributed by atoms with Crippen LogP contribution in [0.2, 0.25) is 10.0 Å². The lowest BCUT2D eigenvalue weighted by Gasteiger charge is -2.14. The molecule has 94 valence electrons. The molecule has 0 aromatic heterocycles. The zero-order chi connectivity index (χ0) is 13.3. The molecule has 18 heavy (non-hydrogen) atoms. The molecule has 1 unspecified atom stereocenters. The fourth-order valence-electron chi connectivity index (χ4n) is 1.70. The first kappa shape index (κ1) is 13.3. The first-order valence-corrected chi connectivity index (χ1v) is 6.21. The number of halogens is 3. The summed E-state index contributed by atoms with van der Waals surface area (Å²) >= 11 is 11.8. The van der Waals surface area contributed by atoms with Crippen molar-refractivity contribution in [3.05, 3.63) is 69.0 Å². The van der Waals surface area contributed by atoms with Crippen molar-refractivity contribution in [1.29, 1.82) is 0 Å². The van der Waals surface area contributed by atoms with E-state index in [4.69, 9.17) is 28.9 Å². The molecule has 0 radical (unpaired) electrons. The topological polar surface area (TPSA) is 26.0 Å². The third kappa shape index (κ3) is 2.66. The van der Waals surface area contributed by atoms with E-state index in [1.54, 1.807) is 6.07 Å². The van der Waals surface area contributed by atoms with Crippen molar-refractivity contribution in [2.45, 2.75) is 13.0 Å². The van der Waals surface area contributed by atoms with E-state index in [0.29, 0.717) is 5.02 Å². The van der Waals surface area contributed by atoms with Crippen LogP contribution in [0.15, 0.2) is 36.4 Å². The first-order chi connectivity index (χ1) is 8.49. The van der Waals surface area contributed by atoms with Crippen molar-refractivity contribution >= 4 is 23.2 Å². The Bertz CT molecular complexity index is 533. The van der Waals surface area contributed by atoms with Gasteiger partial charge in [0.2, 0.25) is 0 Å². The Morgan fingerprint density at radius 2 is 1.56 bits per heavy atom. The molecule has 2 aromatic carbocycles. The van der Waals surface area contributed by atoms with Gasteiger partial charge >= 0.3 is 0 Å². The standard InChI is InChI=1S/C14H12Cl2FN/c1-8-2-3-9(6-11(8)15)14(18)10-4-5-13(17)12(16)7-10/h2-7,14H,18H2,1H3. The summed E-state index contributed by atoms with van der Waals surface area (Å²) in [5.41, 5.74) is 8.73. The van der Waals surface area contributed by atoms with Gasteiger partial charge in [0, 0.05) is 5.02 Å². The summed E-state index contributed by atoms with van der Waals surface area (Å²) in [4.78, 5) is 0. The minimum Gasteiger partial charge on any atom is -0.320 e. The van der Waals surface area contributed by atoms with Crippen molar-refractivity contribution in [2.24, 2.45) is 5.73 Å². The molecule has 4 heteroatoms. The third-order valence-corrected chi connectivity index (χ3v) is 3.55. The lowest BCUT2D eigenvalue weighted by atomic mass is 9.99. The molecule has 2 rings (SSSR count). The Morgan fingerprint density at radius 3 is 2.11 bits per heavy atom. The number of rotatable bonds is 2. The zero-order valence-corrected chi connectivity index (χ0v) is 11.3. The van der Waals surface area contributed by atoms with Crippen molar-refractivity contribution < 1.29 is 4.39 Å². The molecule has 0 saturated carbocycles. The Labute approximate surface area is 115 Å². The minimum absolute atomic E-state index is 0.0705. The molecule has 0 saturated heterocycles. The molecule has 0 aliphatic heterocycles. The zero-order valence-electron chi connectivity index (χ0n) is 9.75. The maximum absolute atomic E-state index is 13.1. The molecule has 1 nitrogen and oxygen atoms in total. The highest BCUT2D eigenvalue weighted by Crippen LogP contribution is 2.27. The van der Waals surface area contributed by atoms with E-state index in [1.807, 2.05) is 25.1 Å². The molecule has 0 amide bonds. The number of hydrogen-bond acceptors (Lipinski definition) is 1. The summed E-state index contributed by atoms with van der Waals surface area (Å²) in [5, 5.41) is 0.734. The van der Waals surface area contributed by atoms with E-state index in [-0.39, 0.29) is 11.1 Å². The van der Waals surface area contributed by atoms with E-state index < -0.39 is 5.82 Å². The summed E-state index contributed by atoms with van der Waals surface area (Å²) < 4.78 is 13.1. The number of nitrogens with two attached hydrogens (primary N) is 1. The molecular weight excluding hydrogens is 272 g/mol. The van der Waals surface area contributed by atoms with Gasteiger partial charge in [0.15, 0.2) is 0 Å². The monoisotopic (exact) mass is 283 g/mol. The lowest BCUT2D eigenvalue weighted by molar-refractivity contribution is 0.627. The van der Waals surface area contributed by atoms with Gasteiger partial charge in [-0.15, -0.1) is 0 Å². The van der Waals surface area contributed by atoms with Gasteiger partial charge in [-0.2, -0.15) is 0 Å².